The van der Waals surface area contributed by atoms with Crippen molar-refractivity contribution in [2.75, 3.05) is 0 Å². The maximum Gasteiger partial charge on any atom is 0.240 e. The Bertz CT molecular complexity index is 458. The average Bonchev–Trinajstić information content (AvgIpc) is 2.59. The highest BCUT2D eigenvalue weighted by Gasteiger charge is 2.16. The maximum atomic E-state index is 12.2. The molecule has 16 heavy (non-hydrogen) atoms. The number of hydrogen-bond donors (Lipinski definition) is 1. The van der Waals surface area contributed by atoms with Gasteiger partial charge in [-0.1, -0.05) is 18.2 Å². The van der Waals surface area contributed by atoms with Gasteiger partial charge in [-0.3, -0.25) is 0 Å². The minimum absolute atomic E-state index is 0. The normalized spacial score (nSPS) is 12.8. The van der Waals surface area contributed by atoms with Gasteiger partial charge >= 0.3 is 0 Å². The number of thiophene rings is 1. The molecular formula is C11H12ClF2NS. The molecular weight excluding hydrogens is 252 g/mol. The van der Waals surface area contributed by atoms with Crippen LogP contribution in [0.1, 0.15) is 18.0 Å². The van der Waals surface area contributed by atoms with Crippen LogP contribution in [0, 0.1) is 0 Å². The molecule has 1 atom stereocenters. The lowest BCUT2D eigenvalue weighted by atomic mass is 10.0. The zero-order valence-electron chi connectivity index (χ0n) is 8.40. The summed E-state index contributed by atoms with van der Waals surface area (Å²) in [7, 11) is 0. The molecule has 1 aromatic heterocycles. The summed E-state index contributed by atoms with van der Waals surface area (Å²) in [5.41, 5.74) is 6.56. The second-order valence-electron chi connectivity index (χ2n) is 3.42. The van der Waals surface area contributed by atoms with Gasteiger partial charge in [0.25, 0.3) is 0 Å². The highest BCUT2D eigenvalue weighted by Crippen LogP contribution is 2.31. The van der Waals surface area contributed by atoms with Crippen molar-refractivity contribution in [3.05, 3.63) is 35.2 Å². The van der Waals surface area contributed by atoms with Gasteiger partial charge in [-0.2, -0.15) is 0 Å². The minimum Gasteiger partial charge on any atom is -0.324 e. The lowest BCUT2D eigenvalue weighted by molar-refractivity contribution is 0.128. The van der Waals surface area contributed by atoms with Crippen molar-refractivity contribution in [1.29, 1.82) is 0 Å². The summed E-state index contributed by atoms with van der Waals surface area (Å²) in [5, 5.41) is 2.87. The SMILES string of the molecule is Cl.N[C@H](CC(F)F)c1csc2ccccc12. The molecule has 0 saturated heterocycles. The van der Waals surface area contributed by atoms with E-state index in [9.17, 15) is 8.78 Å². The molecule has 0 spiro atoms. The zero-order chi connectivity index (χ0) is 10.8. The van der Waals surface area contributed by atoms with Gasteiger partial charge in [0.15, 0.2) is 0 Å². The Morgan fingerprint density at radius 1 is 1.25 bits per heavy atom. The molecule has 0 saturated carbocycles. The molecule has 5 heteroatoms. The number of rotatable bonds is 3. The van der Waals surface area contributed by atoms with Crippen LogP contribution in [-0.2, 0) is 0 Å². The molecule has 0 aliphatic carbocycles. The van der Waals surface area contributed by atoms with Gasteiger partial charge in [-0.25, -0.2) is 8.78 Å². The van der Waals surface area contributed by atoms with Gasteiger partial charge in [0, 0.05) is 17.2 Å². The number of nitrogens with two attached hydrogens (primary N) is 1. The van der Waals surface area contributed by atoms with E-state index >= 15 is 0 Å². The Labute approximate surface area is 103 Å². The third-order valence-corrected chi connectivity index (χ3v) is 3.32. The summed E-state index contributed by atoms with van der Waals surface area (Å²) in [5.74, 6) is 0. The van der Waals surface area contributed by atoms with Crippen LogP contribution in [0.5, 0.6) is 0 Å². The quantitative estimate of drug-likeness (QED) is 0.891. The van der Waals surface area contributed by atoms with Crippen LogP contribution in [0.2, 0.25) is 0 Å². The summed E-state index contributed by atoms with van der Waals surface area (Å²) >= 11 is 1.54. The Hall–Kier alpha value is -0.710. The first-order valence-corrected chi connectivity index (χ1v) is 5.56. The molecule has 0 fully saturated rings. The summed E-state index contributed by atoms with van der Waals surface area (Å²) < 4.78 is 25.5. The van der Waals surface area contributed by atoms with Gasteiger partial charge in [0.1, 0.15) is 0 Å². The molecule has 0 unspecified atom stereocenters. The zero-order valence-corrected chi connectivity index (χ0v) is 10.0. The van der Waals surface area contributed by atoms with Gasteiger partial charge < -0.3 is 5.73 Å². The van der Waals surface area contributed by atoms with Gasteiger partial charge in [-0.15, -0.1) is 23.7 Å². The van der Waals surface area contributed by atoms with Gasteiger partial charge in [0.2, 0.25) is 6.43 Å². The van der Waals surface area contributed by atoms with E-state index in [4.69, 9.17) is 5.73 Å². The second kappa shape index (κ2) is 5.57. The number of halogens is 3. The summed E-state index contributed by atoms with van der Waals surface area (Å²) in [6.07, 6.45) is -2.63. The lowest BCUT2D eigenvalue weighted by Gasteiger charge is -2.09. The molecule has 0 aliphatic heterocycles. The predicted molar refractivity (Wildman–Crippen MR) is 66.6 cm³/mol. The molecule has 0 aliphatic rings. The maximum absolute atomic E-state index is 12.2. The fourth-order valence-corrected chi connectivity index (χ4v) is 2.63. The molecule has 2 rings (SSSR count). The Balaban J connectivity index is 0.00000128. The number of fused-ring (bicyclic) bond motifs is 1. The average molecular weight is 264 g/mol. The van der Waals surface area contributed by atoms with Gasteiger partial charge in [-0.05, 0) is 22.4 Å². The Morgan fingerprint density at radius 3 is 2.62 bits per heavy atom. The van der Waals surface area contributed by atoms with Crippen molar-refractivity contribution in [3.63, 3.8) is 0 Å². The molecule has 1 heterocycles. The molecule has 0 amide bonds. The van der Waals surface area contributed by atoms with Crippen molar-refractivity contribution >= 4 is 33.8 Å². The van der Waals surface area contributed by atoms with Crippen LogP contribution >= 0.6 is 23.7 Å². The lowest BCUT2D eigenvalue weighted by Crippen LogP contribution is -2.13. The van der Waals surface area contributed by atoms with E-state index in [0.717, 1.165) is 15.6 Å². The number of alkyl halides is 2. The van der Waals surface area contributed by atoms with Crippen LogP contribution < -0.4 is 5.73 Å². The largest absolute Gasteiger partial charge is 0.324 e. The molecule has 2 aromatic rings. The molecule has 0 bridgehead atoms. The molecule has 0 radical (unpaired) electrons. The summed E-state index contributed by atoms with van der Waals surface area (Å²) in [6.45, 7) is 0. The van der Waals surface area contributed by atoms with E-state index in [1.54, 1.807) is 11.3 Å². The smallest absolute Gasteiger partial charge is 0.240 e. The molecule has 2 N–H and O–H groups in total. The first kappa shape index (κ1) is 13.4. The van der Waals surface area contributed by atoms with Crippen LogP contribution in [0.3, 0.4) is 0 Å². The second-order valence-corrected chi connectivity index (χ2v) is 4.33. The predicted octanol–water partition coefficient (Wildman–Crippen LogP) is 3.98. The van der Waals surface area contributed by atoms with E-state index in [1.165, 1.54) is 0 Å². The third kappa shape index (κ3) is 2.70. The fourth-order valence-electron chi connectivity index (χ4n) is 1.60. The van der Waals surface area contributed by atoms with Crippen LogP contribution in [0.15, 0.2) is 29.6 Å². The van der Waals surface area contributed by atoms with Crippen molar-refractivity contribution in [3.8, 4) is 0 Å². The first-order chi connectivity index (χ1) is 7.18. The topological polar surface area (TPSA) is 26.0 Å². The van der Waals surface area contributed by atoms with Crippen LogP contribution in [0.25, 0.3) is 10.1 Å². The standard InChI is InChI=1S/C11H11F2NS.ClH/c12-11(13)5-9(14)8-6-15-10-4-2-1-3-7(8)10;/h1-4,6,9,11H,5,14H2;1H/t9-;/m1./s1. The van der Waals surface area contributed by atoms with Crippen molar-refractivity contribution in [2.24, 2.45) is 5.73 Å². The van der Waals surface area contributed by atoms with Crippen molar-refractivity contribution < 1.29 is 8.78 Å². The van der Waals surface area contributed by atoms with E-state index in [0.29, 0.717) is 0 Å². The first-order valence-electron chi connectivity index (χ1n) is 4.68. The van der Waals surface area contributed by atoms with Crippen molar-refractivity contribution in [2.45, 2.75) is 18.9 Å². The highest BCUT2D eigenvalue weighted by atomic mass is 35.5. The van der Waals surface area contributed by atoms with E-state index < -0.39 is 12.5 Å². The molecule has 88 valence electrons. The molecule has 1 nitrogen and oxygen atoms in total. The number of hydrogen-bond acceptors (Lipinski definition) is 2. The summed E-state index contributed by atoms with van der Waals surface area (Å²) in [6, 6.07) is 7.15. The van der Waals surface area contributed by atoms with Crippen LogP contribution in [-0.4, -0.2) is 6.43 Å². The fraction of sp³-hybridized carbons (Fsp3) is 0.273. The highest BCUT2D eigenvalue weighted by molar-refractivity contribution is 7.17. The third-order valence-electron chi connectivity index (χ3n) is 2.34. The van der Waals surface area contributed by atoms with Crippen molar-refractivity contribution in [1.82, 2.24) is 0 Å². The minimum atomic E-state index is -2.35. The van der Waals surface area contributed by atoms with E-state index in [-0.39, 0.29) is 18.8 Å². The van der Waals surface area contributed by atoms with E-state index in [2.05, 4.69) is 0 Å². The van der Waals surface area contributed by atoms with E-state index in [1.807, 2.05) is 29.6 Å². The molecule has 1 aromatic carbocycles. The van der Waals surface area contributed by atoms with Gasteiger partial charge in [0.05, 0.1) is 0 Å². The van der Waals surface area contributed by atoms with Crippen LogP contribution in [0.4, 0.5) is 8.78 Å². The Morgan fingerprint density at radius 2 is 1.94 bits per heavy atom. The monoisotopic (exact) mass is 263 g/mol. The summed E-state index contributed by atoms with van der Waals surface area (Å²) in [4.78, 5) is 0. The number of benzene rings is 1. The Kier molecular flexibility index (Phi) is 4.65.